The van der Waals surface area contributed by atoms with Gasteiger partial charge in [-0.1, -0.05) is 12.1 Å². The lowest BCUT2D eigenvalue weighted by atomic mass is 10.1. The molecule has 1 N–H and O–H groups in total. The van der Waals surface area contributed by atoms with E-state index in [1.165, 1.54) is 15.9 Å². The molecule has 2 heterocycles. The first-order chi connectivity index (χ1) is 13.1. The van der Waals surface area contributed by atoms with Crippen molar-refractivity contribution >= 4 is 39.3 Å². The zero-order valence-corrected chi connectivity index (χ0v) is 15.6. The van der Waals surface area contributed by atoms with E-state index in [9.17, 15) is 14.4 Å². The molecule has 1 aliphatic rings. The summed E-state index contributed by atoms with van der Waals surface area (Å²) in [4.78, 5) is 38.1. The Morgan fingerprint density at radius 2 is 2.11 bits per heavy atom. The summed E-state index contributed by atoms with van der Waals surface area (Å²) in [7, 11) is 0. The molecular formula is C19H18N2O5S. The first-order valence-electron chi connectivity index (χ1n) is 8.78. The average Bonchev–Trinajstić information content (AvgIpc) is 3.29. The van der Waals surface area contributed by atoms with Crippen LogP contribution in [0.25, 0.3) is 11.1 Å². The maximum atomic E-state index is 12.6. The highest BCUT2D eigenvalue weighted by atomic mass is 32.1. The predicted molar refractivity (Wildman–Crippen MR) is 101 cm³/mol. The van der Waals surface area contributed by atoms with Crippen molar-refractivity contribution in [3.8, 4) is 0 Å². The van der Waals surface area contributed by atoms with Crippen molar-refractivity contribution in [3.05, 3.63) is 50.8 Å². The summed E-state index contributed by atoms with van der Waals surface area (Å²) in [5.41, 5.74) is 2.40. The number of aryl methyl sites for hydroxylation is 1. The van der Waals surface area contributed by atoms with Crippen molar-refractivity contribution in [1.29, 1.82) is 0 Å². The van der Waals surface area contributed by atoms with Crippen molar-refractivity contribution in [2.45, 2.75) is 32.7 Å². The van der Waals surface area contributed by atoms with E-state index in [1.54, 1.807) is 31.2 Å². The fraction of sp³-hybridized carbons (Fsp3) is 0.316. The van der Waals surface area contributed by atoms with Crippen LogP contribution in [0.4, 0.5) is 5.00 Å². The minimum Gasteiger partial charge on any atom is -0.462 e. The van der Waals surface area contributed by atoms with Gasteiger partial charge in [-0.2, -0.15) is 0 Å². The van der Waals surface area contributed by atoms with Gasteiger partial charge in [0.05, 0.1) is 17.7 Å². The third-order valence-corrected chi connectivity index (χ3v) is 5.74. The number of nitrogens with one attached hydrogen (secondary N) is 1. The molecular weight excluding hydrogens is 368 g/mol. The number of nitrogens with zero attached hydrogens (tertiary/aromatic N) is 1. The molecule has 8 heteroatoms. The molecule has 0 saturated heterocycles. The van der Waals surface area contributed by atoms with Gasteiger partial charge in [0.2, 0.25) is 5.91 Å². The van der Waals surface area contributed by atoms with E-state index < -0.39 is 17.6 Å². The van der Waals surface area contributed by atoms with E-state index in [0.717, 1.165) is 29.7 Å². The summed E-state index contributed by atoms with van der Waals surface area (Å²) in [5, 5.41) is 3.28. The number of aromatic nitrogens is 1. The van der Waals surface area contributed by atoms with Crippen molar-refractivity contribution in [2.75, 3.05) is 11.9 Å². The Hall–Kier alpha value is -2.87. The Morgan fingerprint density at radius 3 is 2.93 bits per heavy atom. The quantitative estimate of drug-likeness (QED) is 0.681. The van der Waals surface area contributed by atoms with Gasteiger partial charge >= 0.3 is 11.7 Å². The lowest BCUT2D eigenvalue weighted by molar-refractivity contribution is -0.116. The Kier molecular flexibility index (Phi) is 4.57. The normalized spacial score (nSPS) is 12.9. The first-order valence-corrected chi connectivity index (χ1v) is 9.60. The summed E-state index contributed by atoms with van der Waals surface area (Å²) in [5.74, 6) is -1.40. The van der Waals surface area contributed by atoms with Crippen LogP contribution >= 0.6 is 11.3 Å². The molecule has 0 bridgehead atoms. The molecule has 0 radical (unpaired) electrons. The number of fused-ring (bicyclic) bond motifs is 2. The highest BCUT2D eigenvalue weighted by molar-refractivity contribution is 7.17. The Labute approximate surface area is 158 Å². The second-order valence-electron chi connectivity index (χ2n) is 6.25. The van der Waals surface area contributed by atoms with Crippen LogP contribution in [0.15, 0.2) is 33.5 Å². The molecule has 7 nitrogen and oxygen atoms in total. The van der Waals surface area contributed by atoms with E-state index in [4.69, 9.17) is 9.15 Å². The van der Waals surface area contributed by atoms with E-state index in [2.05, 4.69) is 5.32 Å². The average molecular weight is 386 g/mol. The number of thiophene rings is 1. The Morgan fingerprint density at radius 1 is 1.30 bits per heavy atom. The maximum Gasteiger partial charge on any atom is 0.420 e. The predicted octanol–water partition coefficient (Wildman–Crippen LogP) is 2.96. The number of benzene rings is 1. The standard InChI is InChI=1S/C19H18N2O5S/c1-2-25-18(23)16-11-6-5-9-14(11)27-17(16)20-15(22)10-21-12-7-3-4-8-13(12)26-19(21)24/h3-4,7-8H,2,5-6,9-10H2,1H3,(H,20,22). The Balaban J connectivity index is 1.61. The molecule has 0 spiro atoms. The van der Waals surface area contributed by atoms with Crippen LogP contribution in [0.2, 0.25) is 0 Å². The number of esters is 1. The highest BCUT2D eigenvalue weighted by Gasteiger charge is 2.28. The number of ether oxygens (including phenoxy) is 1. The van der Waals surface area contributed by atoms with Crippen molar-refractivity contribution in [1.82, 2.24) is 4.57 Å². The molecule has 0 aliphatic heterocycles. The summed E-state index contributed by atoms with van der Waals surface area (Å²) in [6.07, 6.45) is 2.70. The zero-order chi connectivity index (χ0) is 19.0. The van der Waals surface area contributed by atoms with E-state index in [1.807, 2.05) is 0 Å². The zero-order valence-electron chi connectivity index (χ0n) is 14.7. The monoisotopic (exact) mass is 386 g/mol. The number of anilines is 1. The number of para-hydroxylation sites is 2. The number of rotatable bonds is 5. The Bertz CT molecular complexity index is 1090. The van der Waals surface area contributed by atoms with Crippen LogP contribution in [0.1, 0.15) is 34.1 Å². The number of hydrogen-bond acceptors (Lipinski definition) is 6. The topological polar surface area (TPSA) is 90.5 Å². The lowest BCUT2D eigenvalue weighted by Gasteiger charge is -2.08. The first kappa shape index (κ1) is 17.5. The number of oxazole rings is 1. The third-order valence-electron chi connectivity index (χ3n) is 4.53. The van der Waals surface area contributed by atoms with Crippen LogP contribution < -0.4 is 11.1 Å². The van der Waals surface area contributed by atoms with Gasteiger partial charge in [0.1, 0.15) is 11.5 Å². The molecule has 0 atom stereocenters. The van der Waals surface area contributed by atoms with Crippen LogP contribution in [0.5, 0.6) is 0 Å². The third kappa shape index (κ3) is 3.16. The minimum atomic E-state index is -0.592. The second-order valence-corrected chi connectivity index (χ2v) is 7.36. The van der Waals surface area contributed by atoms with Crippen LogP contribution in [0.3, 0.4) is 0 Å². The number of amides is 1. The number of carbonyl (C=O) groups is 2. The molecule has 1 aliphatic carbocycles. The summed E-state index contributed by atoms with van der Waals surface area (Å²) < 4.78 is 11.6. The minimum absolute atomic E-state index is 0.194. The summed E-state index contributed by atoms with van der Waals surface area (Å²) >= 11 is 1.41. The molecule has 1 amide bonds. The van der Waals surface area contributed by atoms with Gasteiger partial charge < -0.3 is 14.5 Å². The van der Waals surface area contributed by atoms with Gasteiger partial charge in [-0.15, -0.1) is 11.3 Å². The van der Waals surface area contributed by atoms with Crippen LogP contribution in [0, 0.1) is 0 Å². The van der Waals surface area contributed by atoms with E-state index in [0.29, 0.717) is 21.7 Å². The molecule has 0 unspecified atom stereocenters. The van der Waals surface area contributed by atoms with Gasteiger partial charge in [-0.05, 0) is 43.9 Å². The molecule has 3 aromatic rings. The van der Waals surface area contributed by atoms with Crippen molar-refractivity contribution in [2.24, 2.45) is 0 Å². The van der Waals surface area contributed by atoms with Gasteiger partial charge in [0, 0.05) is 4.88 Å². The van der Waals surface area contributed by atoms with E-state index in [-0.39, 0.29) is 13.2 Å². The van der Waals surface area contributed by atoms with Gasteiger partial charge in [0.15, 0.2) is 5.58 Å². The summed E-state index contributed by atoms with van der Waals surface area (Å²) in [6.45, 7) is 1.83. The molecule has 27 heavy (non-hydrogen) atoms. The second kappa shape index (κ2) is 7.03. The van der Waals surface area contributed by atoms with Crippen molar-refractivity contribution < 1.29 is 18.7 Å². The molecule has 0 fully saturated rings. The van der Waals surface area contributed by atoms with E-state index >= 15 is 0 Å². The van der Waals surface area contributed by atoms with Gasteiger partial charge in [-0.3, -0.25) is 9.36 Å². The lowest BCUT2D eigenvalue weighted by Crippen LogP contribution is -2.25. The summed E-state index contributed by atoms with van der Waals surface area (Å²) in [6, 6.07) is 6.92. The molecule has 1 aromatic carbocycles. The number of hydrogen-bond donors (Lipinski definition) is 1. The largest absolute Gasteiger partial charge is 0.462 e. The fourth-order valence-corrected chi connectivity index (χ4v) is 4.68. The van der Waals surface area contributed by atoms with Crippen LogP contribution in [-0.4, -0.2) is 23.1 Å². The SMILES string of the molecule is CCOC(=O)c1c(NC(=O)Cn2c(=O)oc3ccccc32)sc2c1CCC2. The molecule has 2 aromatic heterocycles. The molecule has 0 saturated carbocycles. The van der Waals surface area contributed by atoms with Gasteiger partial charge in [-0.25, -0.2) is 9.59 Å². The molecule has 4 rings (SSSR count). The van der Waals surface area contributed by atoms with Crippen molar-refractivity contribution in [3.63, 3.8) is 0 Å². The fourth-order valence-electron chi connectivity index (χ4n) is 3.38. The van der Waals surface area contributed by atoms with Crippen LogP contribution in [-0.2, 0) is 28.9 Å². The van der Waals surface area contributed by atoms with Gasteiger partial charge in [0.25, 0.3) is 0 Å². The number of carbonyl (C=O) groups excluding carboxylic acids is 2. The smallest absolute Gasteiger partial charge is 0.420 e. The molecule has 140 valence electrons. The maximum absolute atomic E-state index is 12.6. The highest BCUT2D eigenvalue weighted by Crippen LogP contribution is 2.39.